The average Bonchev–Trinajstić information content (AvgIpc) is 3.22. The zero-order valence-electron chi connectivity index (χ0n) is 17.3. The van der Waals surface area contributed by atoms with Crippen LogP contribution in [0.2, 0.25) is 0 Å². The number of aliphatic hydroxyl groups excluding tert-OH is 1. The van der Waals surface area contributed by atoms with Crippen molar-refractivity contribution in [3.63, 3.8) is 0 Å². The number of ether oxygens (including phenoxy) is 2. The molecule has 2 aliphatic rings. The van der Waals surface area contributed by atoms with Crippen LogP contribution < -0.4 is 20.9 Å². The van der Waals surface area contributed by atoms with E-state index in [-0.39, 0.29) is 23.4 Å². The molecule has 0 amide bonds. The molecule has 6 heteroatoms. The monoisotopic (exact) mass is 399 g/mol. The number of aliphatic hydroxyl groups is 1. The van der Waals surface area contributed by atoms with Crippen molar-refractivity contribution in [1.82, 2.24) is 0 Å². The number of methoxy groups -OCH3 is 1. The van der Waals surface area contributed by atoms with E-state index < -0.39 is 0 Å². The molecule has 0 atom stereocenters. The van der Waals surface area contributed by atoms with Gasteiger partial charge in [-0.05, 0) is 80.8 Å². The summed E-state index contributed by atoms with van der Waals surface area (Å²) < 4.78 is 11.9. The van der Waals surface area contributed by atoms with E-state index in [1.807, 2.05) is 6.07 Å². The van der Waals surface area contributed by atoms with Gasteiger partial charge in [0.05, 0.1) is 19.3 Å². The number of rotatable bonds is 7. The van der Waals surface area contributed by atoms with Crippen LogP contribution in [0.4, 0.5) is 0 Å². The van der Waals surface area contributed by atoms with Crippen LogP contribution in [0.1, 0.15) is 56.9 Å². The molecule has 6 nitrogen and oxygen atoms in total. The smallest absolute Gasteiger partial charge is 0.161 e. The van der Waals surface area contributed by atoms with Crippen LogP contribution in [-0.2, 0) is 5.41 Å². The lowest BCUT2D eigenvalue weighted by molar-refractivity contribution is 0.106. The Labute approximate surface area is 173 Å². The Morgan fingerprint density at radius 1 is 1.21 bits per heavy atom. The first-order valence-electron chi connectivity index (χ1n) is 10.4. The van der Waals surface area contributed by atoms with E-state index in [2.05, 4.69) is 23.7 Å². The Morgan fingerprint density at radius 3 is 2.48 bits per heavy atom. The van der Waals surface area contributed by atoms with Gasteiger partial charge < -0.3 is 26.0 Å². The maximum absolute atomic E-state index is 10.1. The summed E-state index contributed by atoms with van der Waals surface area (Å²) in [5.41, 5.74) is 13.3. The molecule has 0 bridgehead atoms. The van der Waals surface area contributed by atoms with Gasteiger partial charge in [-0.15, -0.1) is 0 Å². The maximum Gasteiger partial charge on any atom is 0.161 e. The van der Waals surface area contributed by atoms with E-state index in [9.17, 15) is 5.11 Å². The predicted molar refractivity (Wildman–Crippen MR) is 116 cm³/mol. The molecular weight excluding hydrogens is 366 g/mol. The zero-order valence-corrected chi connectivity index (χ0v) is 17.3. The fourth-order valence-electron chi connectivity index (χ4n) is 4.57. The van der Waals surface area contributed by atoms with E-state index in [4.69, 9.17) is 20.9 Å². The minimum atomic E-state index is -0.368. The molecule has 5 N–H and O–H groups in total. The third-order valence-electron chi connectivity index (χ3n) is 6.22. The van der Waals surface area contributed by atoms with Gasteiger partial charge in [-0.2, -0.15) is 0 Å². The van der Waals surface area contributed by atoms with Crippen molar-refractivity contribution in [2.45, 2.75) is 69.0 Å². The number of nitrogens with two attached hydrogens (primary N) is 2. The molecule has 1 aromatic rings. The SMILES string of the molecule is C=C(N)/N=C\C(=C/N)[C@]1(c2ccc(OC)c(OC3CCCC3)c2)CC[C@@H](O)CC1. The summed E-state index contributed by atoms with van der Waals surface area (Å²) in [6.45, 7) is 3.64. The second-order valence-electron chi connectivity index (χ2n) is 8.07. The molecule has 0 unspecified atom stereocenters. The van der Waals surface area contributed by atoms with Gasteiger partial charge in [-0.3, -0.25) is 0 Å². The number of allylic oxidation sites excluding steroid dienone is 1. The number of hydrogen-bond donors (Lipinski definition) is 3. The lowest BCUT2D eigenvalue weighted by Gasteiger charge is -2.40. The number of aliphatic imine (C=N–C) groups is 1. The molecule has 29 heavy (non-hydrogen) atoms. The van der Waals surface area contributed by atoms with Gasteiger partial charge in [-0.25, -0.2) is 4.99 Å². The summed E-state index contributed by atoms with van der Waals surface area (Å²) in [7, 11) is 1.66. The van der Waals surface area contributed by atoms with Crippen LogP contribution in [0, 0.1) is 0 Å². The lowest BCUT2D eigenvalue weighted by Crippen LogP contribution is -2.36. The third-order valence-corrected chi connectivity index (χ3v) is 6.22. The quantitative estimate of drug-likeness (QED) is 0.609. The maximum atomic E-state index is 10.1. The molecule has 2 saturated carbocycles. The molecule has 158 valence electrons. The van der Waals surface area contributed by atoms with Crippen molar-refractivity contribution in [1.29, 1.82) is 0 Å². The highest BCUT2D eigenvalue weighted by Crippen LogP contribution is 2.47. The summed E-state index contributed by atoms with van der Waals surface area (Å²) in [4.78, 5) is 4.19. The summed E-state index contributed by atoms with van der Waals surface area (Å²) in [5, 5.41) is 10.1. The van der Waals surface area contributed by atoms with Gasteiger partial charge >= 0.3 is 0 Å². The van der Waals surface area contributed by atoms with E-state index >= 15 is 0 Å². The van der Waals surface area contributed by atoms with Gasteiger partial charge in [0, 0.05) is 11.6 Å². The standard InChI is InChI=1S/C23H33N3O3/c1-16(25)26-15-18(14-24)23(11-9-19(27)10-12-23)17-7-8-21(28-2)22(13-17)29-20-5-3-4-6-20/h7-8,13-15,19-20,27H,1,3-6,9-12,24-25H2,2H3/b18-14+,26-15-/t19-,23-. The molecule has 0 radical (unpaired) electrons. The summed E-state index contributed by atoms with van der Waals surface area (Å²) in [6.07, 6.45) is 10.7. The zero-order chi connectivity index (χ0) is 20.9. The Morgan fingerprint density at radius 2 is 1.90 bits per heavy atom. The highest BCUT2D eigenvalue weighted by molar-refractivity contribution is 5.83. The fraction of sp³-hybridized carbons (Fsp3) is 0.522. The van der Waals surface area contributed by atoms with Crippen LogP contribution in [-0.4, -0.2) is 30.6 Å². The van der Waals surface area contributed by atoms with Crippen LogP contribution in [0.3, 0.4) is 0 Å². The van der Waals surface area contributed by atoms with Crippen molar-refractivity contribution in [3.05, 3.63) is 47.9 Å². The number of nitrogens with zero attached hydrogens (tertiary/aromatic N) is 1. The fourth-order valence-corrected chi connectivity index (χ4v) is 4.57. The molecule has 0 aliphatic heterocycles. The van der Waals surface area contributed by atoms with Gasteiger partial charge in [-0.1, -0.05) is 12.6 Å². The van der Waals surface area contributed by atoms with Crippen LogP contribution >= 0.6 is 0 Å². The average molecular weight is 400 g/mol. The van der Waals surface area contributed by atoms with E-state index in [0.717, 1.165) is 48.3 Å². The molecule has 1 aromatic carbocycles. The highest BCUT2D eigenvalue weighted by atomic mass is 16.5. The van der Waals surface area contributed by atoms with Crippen molar-refractivity contribution in [3.8, 4) is 11.5 Å². The van der Waals surface area contributed by atoms with Gasteiger partial charge in [0.15, 0.2) is 11.5 Å². The Kier molecular flexibility index (Phi) is 6.85. The molecule has 3 rings (SSSR count). The van der Waals surface area contributed by atoms with E-state index in [0.29, 0.717) is 12.8 Å². The van der Waals surface area contributed by atoms with Crippen molar-refractivity contribution < 1.29 is 14.6 Å². The third kappa shape index (κ3) is 4.75. The Balaban J connectivity index is 2.02. The van der Waals surface area contributed by atoms with E-state index in [1.54, 1.807) is 19.5 Å². The van der Waals surface area contributed by atoms with Crippen molar-refractivity contribution in [2.24, 2.45) is 16.5 Å². The van der Waals surface area contributed by atoms with Gasteiger partial charge in [0.25, 0.3) is 0 Å². The minimum absolute atomic E-state index is 0.231. The largest absolute Gasteiger partial charge is 0.493 e. The van der Waals surface area contributed by atoms with Gasteiger partial charge in [0.1, 0.15) is 5.82 Å². The topological polar surface area (TPSA) is 103 Å². The number of benzene rings is 1. The summed E-state index contributed by atoms with van der Waals surface area (Å²) in [6, 6.07) is 6.09. The van der Waals surface area contributed by atoms with Crippen molar-refractivity contribution in [2.75, 3.05) is 7.11 Å². The first-order valence-corrected chi connectivity index (χ1v) is 10.4. The molecule has 2 fully saturated rings. The molecule has 0 aromatic heterocycles. The van der Waals surface area contributed by atoms with Crippen molar-refractivity contribution >= 4 is 6.21 Å². The second-order valence-corrected chi connectivity index (χ2v) is 8.07. The normalized spacial score (nSPS) is 26.0. The van der Waals surface area contributed by atoms with Crippen LogP contribution in [0.25, 0.3) is 0 Å². The summed E-state index contributed by atoms with van der Waals surface area (Å²) in [5.74, 6) is 1.73. The van der Waals surface area contributed by atoms with E-state index in [1.165, 1.54) is 12.8 Å². The number of hydrogen-bond acceptors (Lipinski definition) is 6. The molecular formula is C23H33N3O3. The second kappa shape index (κ2) is 9.35. The molecule has 2 aliphatic carbocycles. The molecule has 0 heterocycles. The van der Waals surface area contributed by atoms with Gasteiger partial charge in [0.2, 0.25) is 0 Å². The molecule has 0 saturated heterocycles. The highest BCUT2D eigenvalue weighted by Gasteiger charge is 2.40. The lowest BCUT2D eigenvalue weighted by atomic mass is 9.64. The van der Waals surface area contributed by atoms with Crippen LogP contribution in [0.15, 0.2) is 47.4 Å². The van der Waals surface area contributed by atoms with Crippen LogP contribution in [0.5, 0.6) is 11.5 Å². The Hall–Kier alpha value is -2.47. The Bertz CT molecular complexity index is 774. The summed E-state index contributed by atoms with van der Waals surface area (Å²) >= 11 is 0. The minimum Gasteiger partial charge on any atom is -0.493 e. The first kappa shape index (κ1) is 21.2. The predicted octanol–water partition coefficient (Wildman–Crippen LogP) is 3.53. The first-order chi connectivity index (χ1) is 14.0. The molecule has 0 spiro atoms.